The molecule has 1 N–H and O–H groups in total. The number of nitrogens with one attached hydrogen (secondary N) is 1. The van der Waals surface area contributed by atoms with Crippen molar-refractivity contribution >= 4 is 5.65 Å². The maximum Gasteiger partial charge on any atom is 0.159 e. The van der Waals surface area contributed by atoms with Crippen molar-refractivity contribution in [2.24, 2.45) is 5.92 Å². The third-order valence-corrected chi connectivity index (χ3v) is 5.39. The molecule has 0 amide bonds. The predicted molar refractivity (Wildman–Crippen MR) is 97.6 cm³/mol. The molecule has 0 unspecified atom stereocenters. The monoisotopic (exact) mass is 338 g/mol. The number of nitrogens with zero attached hydrogens (tertiary/aromatic N) is 3. The first kappa shape index (κ1) is 16.3. The SMILES string of the molecule is Cc1cc(C)n2ncc(CNCC3CCC(c4ccco4)CC3)c2n1. The normalized spacial score (nSPS) is 21.0. The summed E-state index contributed by atoms with van der Waals surface area (Å²) in [5.41, 5.74) is 4.33. The molecule has 0 aliphatic heterocycles. The predicted octanol–water partition coefficient (Wildman–Crippen LogP) is 4.00. The topological polar surface area (TPSA) is 55.4 Å². The van der Waals surface area contributed by atoms with Gasteiger partial charge in [-0.3, -0.25) is 0 Å². The van der Waals surface area contributed by atoms with Crippen molar-refractivity contribution < 1.29 is 4.42 Å². The molecule has 3 aromatic rings. The number of hydrogen-bond donors (Lipinski definition) is 1. The van der Waals surface area contributed by atoms with Gasteiger partial charge in [0.15, 0.2) is 5.65 Å². The third kappa shape index (κ3) is 3.47. The minimum absolute atomic E-state index is 0.612. The molecule has 1 aliphatic carbocycles. The zero-order valence-electron chi connectivity index (χ0n) is 15.0. The summed E-state index contributed by atoms with van der Waals surface area (Å²) < 4.78 is 7.50. The van der Waals surface area contributed by atoms with E-state index in [0.29, 0.717) is 5.92 Å². The Morgan fingerprint density at radius 2 is 2.08 bits per heavy atom. The highest BCUT2D eigenvalue weighted by molar-refractivity contribution is 5.47. The number of furan rings is 1. The van der Waals surface area contributed by atoms with Crippen LogP contribution in [-0.2, 0) is 6.54 Å². The van der Waals surface area contributed by atoms with E-state index in [2.05, 4.69) is 34.5 Å². The average molecular weight is 338 g/mol. The molecule has 0 spiro atoms. The molecule has 5 heteroatoms. The Kier molecular flexibility index (Phi) is 4.57. The molecule has 0 aromatic carbocycles. The quantitative estimate of drug-likeness (QED) is 0.764. The van der Waals surface area contributed by atoms with Crippen molar-refractivity contribution in [2.75, 3.05) is 6.54 Å². The van der Waals surface area contributed by atoms with Gasteiger partial charge in [0.25, 0.3) is 0 Å². The minimum atomic E-state index is 0.612. The number of hydrogen-bond acceptors (Lipinski definition) is 4. The maximum atomic E-state index is 5.57. The van der Waals surface area contributed by atoms with Crippen molar-refractivity contribution in [3.63, 3.8) is 0 Å². The molecule has 0 bridgehead atoms. The molecule has 132 valence electrons. The van der Waals surface area contributed by atoms with Gasteiger partial charge in [0.1, 0.15) is 5.76 Å². The van der Waals surface area contributed by atoms with Crippen LogP contribution in [0.15, 0.2) is 35.1 Å². The second-order valence-electron chi connectivity index (χ2n) is 7.31. The highest BCUT2D eigenvalue weighted by atomic mass is 16.3. The van der Waals surface area contributed by atoms with Crippen LogP contribution in [0.3, 0.4) is 0 Å². The number of aryl methyl sites for hydroxylation is 2. The smallest absolute Gasteiger partial charge is 0.159 e. The number of rotatable bonds is 5. The van der Waals surface area contributed by atoms with E-state index in [1.165, 1.54) is 31.2 Å². The van der Waals surface area contributed by atoms with Gasteiger partial charge in [0, 0.05) is 29.4 Å². The van der Waals surface area contributed by atoms with Crippen molar-refractivity contribution in [3.05, 3.63) is 53.4 Å². The van der Waals surface area contributed by atoms with Crippen LogP contribution in [0.1, 0.15) is 54.3 Å². The highest BCUT2D eigenvalue weighted by Gasteiger charge is 2.23. The van der Waals surface area contributed by atoms with Crippen molar-refractivity contribution in [2.45, 2.75) is 52.0 Å². The molecule has 1 fully saturated rings. The molecular formula is C20H26N4O. The van der Waals surface area contributed by atoms with Crippen LogP contribution in [0, 0.1) is 19.8 Å². The van der Waals surface area contributed by atoms with Crippen molar-refractivity contribution in [3.8, 4) is 0 Å². The summed E-state index contributed by atoms with van der Waals surface area (Å²) in [7, 11) is 0. The third-order valence-electron chi connectivity index (χ3n) is 5.39. The fraction of sp³-hybridized carbons (Fsp3) is 0.500. The average Bonchev–Trinajstić information content (AvgIpc) is 3.26. The summed E-state index contributed by atoms with van der Waals surface area (Å²) in [6.45, 7) is 6.00. The van der Waals surface area contributed by atoms with Gasteiger partial charge in [-0.15, -0.1) is 0 Å². The van der Waals surface area contributed by atoms with Gasteiger partial charge in [0.05, 0.1) is 12.5 Å². The van der Waals surface area contributed by atoms with Crippen LogP contribution in [0.25, 0.3) is 5.65 Å². The first-order valence-electron chi connectivity index (χ1n) is 9.25. The van der Waals surface area contributed by atoms with Crippen LogP contribution in [-0.4, -0.2) is 21.1 Å². The molecule has 1 aliphatic rings. The fourth-order valence-electron chi connectivity index (χ4n) is 4.03. The number of aromatic nitrogens is 3. The summed E-state index contributed by atoms with van der Waals surface area (Å²) in [5.74, 6) is 2.53. The van der Waals surface area contributed by atoms with Gasteiger partial charge in [-0.2, -0.15) is 5.10 Å². The van der Waals surface area contributed by atoms with E-state index in [1.54, 1.807) is 6.26 Å². The molecule has 25 heavy (non-hydrogen) atoms. The Bertz CT molecular complexity index is 829. The first-order chi connectivity index (χ1) is 12.2. The van der Waals surface area contributed by atoms with Gasteiger partial charge >= 0.3 is 0 Å². The molecular weight excluding hydrogens is 312 g/mol. The van der Waals surface area contributed by atoms with Crippen LogP contribution < -0.4 is 5.32 Å². The summed E-state index contributed by atoms with van der Waals surface area (Å²) in [6, 6.07) is 6.18. The second-order valence-corrected chi connectivity index (χ2v) is 7.31. The Balaban J connectivity index is 1.30. The standard InChI is InChI=1S/C20H26N4O/c1-14-10-15(2)24-20(23-14)18(13-22-24)12-21-11-16-5-7-17(8-6-16)19-4-3-9-25-19/h3-4,9-10,13,16-17,21H,5-8,11-12H2,1-2H3. The Morgan fingerprint density at radius 3 is 2.84 bits per heavy atom. The molecule has 0 atom stereocenters. The van der Waals surface area contributed by atoms with Gasteiger partial charge in [-0.25, -0.2) is 9.50 Å². The summed E-state index contributed by atoms with van der Waals surface area (Å²) in [6.07, 6.45) is 8.73. The maximum absolute atomic E-state index is 5.57. The Hall–Kier alpha value is -2.14. The first-order valence-corrected chi connectivity index (χ1v) is 9.25. The lowest BCUT2D eigenvalue weighted by molar-refractivity contribution is 0.290. The lowest BCUT2D eigenvalue weighted by atomic mass is 9.81. The van der Waals surface area contributed by atoms with Crippen LogP contribution in [0.5, 0.6) is 0 Å². The van der Waals surface area contributed by atoms with Crippen LogP contribution in [0.4, 0.5) is 0 Å². The van der Waals surface area contributed by atoms with Gasteiger partial charge in [-0.1, -0.05) is 0 Å². The van der Waals surface area contributed by atoms with Gasteiger partial charge in [-0.05, 0) is 70.2 Å². The van der Waals surface area contributed by atoms with Crippen molar-refractivity contribution in [1.29, 1.82) is 0 Å². The summed E-state index contributed by atoms with van der Waals surface area (Å²) in [4.78, 5) is 4.65. The Morgan fingerprint density at radius 1 is 1.24 bits per heavy atom. The molecule has 0 saturated heterocycles. The van der Waals surface area contributed by atoms with E-state index in [4.69, 9.17) is 4.42 Å². The van der Waals surface area contributed by atoms with Crippen molar-refractivity contribution in [1.82, 2.24) is 19.9 Å². The molecule has 0 radical (unpaired) electrons. The molecule has 5 nitrogen and oxygen atoms in total. The van der Waals surface area contributed by atoms with E-state index in [1.807, 2.05) is 23.7 Å². The van der Waals surface area contributed by atoms with E-state index in [0.717, 1.165) is 41.8 Å². The lowest BCUT2D eigenvalue weighted by Gasteiger charge is -2.27. The van der Waals surface area contributed by atoms with Gasteiger partial charge in [0.2, 0.25) is 0 Å². The second kappa shape index (κ2) is 7.00. The van der Waals surface area contributed by atoms with E-state index < -0.39 is 0 Å². The summed E-state index contributed by atoms with van der Waals surface area (Å²) >= 11 is 0. The number of fused-ring (bicyclic) bond motifs is 1. The van der Waals surface area contributed by atoms with E-state index in [-0.39, 0.29) is 0 Å². The summed E-state index contributed by atoms with van der Waals surface area (Å²) in [5, 5.41) is 8.09. The molecule has 1 saturated carbocycles. The fourth-order valence-corrected chi connectivity index (χ4v) is 4.03. The van der Waals surface area contributed by atoms with Crippen LogP contribution >= 0.6 is 0 Å². The highest BCUT2D eigenvalue weighted by Crippen LogP contribution is 2.35. The minimum Gasteiger partial charge on any atom is -0.469 e. The molecule has 3 heterocycles. The van der Waals surface area contributed by atoms with E-state index in [9.17, 15) is 0 Å². The molecule has 4 rings (SSSR count). The molecule has 3 aromatic heterocycles. The zero-order chi connectivity index (χ0) is 17.2. The van der Waals surface area contributed by atoms with Crippen LogP contribution in [0.2, 0.25) is 0 Å². The van der Waals surface area contributed by atoms with Gasteiger partial charge < -0.3 is 9.73 Å². The lowest BCUT2D eigenvalue weighted by Crippen LogP contribution is -2.25. The largest absolute Gasteiger partial charge is 0.469 e. The Labute approximate surface area is 148 Å². The zero-order valence-corrected chi connectivity index (χ0v) is 15.0. The van der Waals surface area contributed by atoms with E-state index >= 15 is 0 Å².